The SMILES string of the molecule is CC[C@H](NC(=O)CCCCCc1cc(C)cc(NC(=O)[C@H](CCC(N)=O)NC=O)c1)C(=O)N1C[C@H](O)C[C@H]1C. The molecule has 4 atom stereocenters. The summed E-state index contributed by atoms with van der Waals surface area (Å²) in [5.74, 6) is -1.27. The molecule has 1 fully saturated rings. The van der Waals surface area contributed by atoms with Gasteiger partial charge < -0.3 is 31.7 Å². The summed E-state index contributed by atoms with van der Waals surface area (Å²) in [6.07, 6.45) is 4.49. The third-order valence-electron chi connectivity index (χ3n) is 6.92. The molecule has 11 nitrogen and oxygen atoms in total. The van der Waals surface area contributed by atoms with Crippen LogP contribution in [-0.2, 0) is 30.4 Å². The molecule has 0 spiro atoms. The van der Waals surface area contributed by atoms with Crippen molar-refractivity contribution >= 4 is 35.7 Å². The van der Waals surface area contributed by atoms with Crippen LogP contribution in [0.2, 0.25) is 0 Å². The molecule has 0 aliphatic carbocycles. The first kappa shape index (κ1) is 31.7. The normalized spacial score (nSPS) is 18.2. The molecule has 5 amide bonds. The summed E-state index contributed by atoms with van der Waals surface area (Å²) >= 11 is 0. The molecule has 0 saturated carbocycles. The number of hydrogen-bond donors (Lipinski definition) is 5. The number of nitrogens with one attached hydrogen (secondary N) is 3. The summed E-state index contributed by atoms with van der Waals surface area (Å²) in [4.78, 5) is 61.4. The van der Waals surface area contributed by atoms with Crippen LogP contribution in [-0.4, -0.2) is 70.8 Å². The molecular weight excluding hydrogens is 502 g/mol. The Morgan fingerprint density at radius 2 is 1.87 bits per heavy atom. The van der Waals surface area contributed by atoms with Gasteiger partial charge in [-0.25, -0.2) is 0 Å². The molecule has 0 bridgehead atoms. The van der Waals surface area contributed by atoms with Gasteiger partial charge in [0.15, 0.2) is 0 Å². The number of rotatable bonds is 16. The molecule has 1 saturated heterocycles. The minimum atomic E-state index is -0.863. The lowest BCUT2D eigenvalue weighted by Gasteiger charge is -2.26. The number of aliphatic hydroxyl groups is 1. The smallest absolute Gasteiger partial charge is 0.246 e. The molecular formula is C28H43N5O6. The van der Waals surface area contributed by atoms with Crippen molar-refractivity contribution in [1.29, 1.82) is 0 Å². The number of nitrogens with zero attached hydrogens (tertiary/aromatic N) is 1. The lowest BCUT2D eigenvalue weighted by Crippen LogP contribution is -2.49. The van der Waals surface area contributed by atoms with Crippen molar-refractivity contribution in [2.24, 2.45) is 5.73 Å². The number of aryl methyl sites for hydroxylation is 2. The van der Waals surface area contributed by atoms with Crippen LogP contribution in [0, 0.1) is 6.92 Å². The van der Waals surface area contributed by atoms with Crippen molar-refractivity contribution in [3.63, 3.8) is 0 Å². The number of unbranched alkanes of at least 4 members (excludes halogenated alkanes) is 2. The second-order valence-corrected chi connectivity index (χ2v) is 10.4. The minimum Gasteiger partial charge on any atom is -0.391 e. The number of carbonyl (C=O) groups is 5. The molecule has 1 heterocycles. The number of anilines is 1. The minimum absolute atomic E-state index is 0.0206. The van der Waals surface area contributed by atoms with Crippen LogP contribution in [0.4, 0.5) is 5.69 Å². The molecule has 1 aromatic rings. The molecule has 6 N–H and O–H groups in total. The molecule has 0 aromatic heterocycles. The van der Waals surface area contributed by atoms with E-state index >= 15 is 0 Å². The Kier molecular flexibility index (Phi) is 12.9. The van der Waals surface area contributed by atoms with E-state index in [2.05, 4.69) is 16.0 Å². The summed E-state index contributed by atoms with van der Waals surface area (Å²) in [6, 6.07) is 4.25. The van der Waals surface area contributed by atoms with Crippen LogP contribution in [0.3, 0.4) is 0 Å². The third-order valence-corrected chi connectivity index (χ3v) is 6.92. The summed E-state index contributed by atoms with van der Waals surface area (Å²) in [6.45, 7) is 6.00. The number of benzene rings is 1. The van der Waals surface area contributed by atoms with E-state index < -0.39 is 30.0 Å². The summed E-state index contributed by atoms with van der Waals surface area (Å²) in [5, 5.41) is 17.9. The molecule has 0 radical (unpaired) electrons. The largest absolute Gasteiger partial charge is 0.391 e. The van der Waals surface area contributed by atoms with Gasteiger partial charge in [-0.15, -0.1) is 0 Å². The molecule has 39 heavy (non-hydrogen) atoms. The average Bonchev–Trinajstić information content (AvgIpc) is 3.21. The number of nitrogens with two attached hydrogens (primary N) is 1. The number of hydrogen-bond acceptors (Lipinski definition) is 6. The van der Waals surface area contributed by atoms with E-state index in [0.717, 1.165) is 30.4 Å². The maximum atomic E-state index is 12.8. The topological polar surface area (TPSA) is 171 Å². The van der Waals surface area contributed by atoms with Gasteiger partial charge in [0.1, 0.15) is 12.1 Å². The van der Waals surface area contributed by atoms with Gasteiger partial charge in [-0.2, -0.15) is 0 Å². The van der Waals surface area contributed by atoms with Crippen LogP contribution in [0.1, 0.15) is 76.3 Å². The highest BCUT2D eigenvalue weighted by Gasteiger charge is 2.34. The van der Waals surface area contributed by atoms with E-state index in [-0.39, 0.29) is 30.7 Å². The second kappa shape index (κ2) is 15.8. The van der Waals surface area contributed by atoms with Crippen molar-refractivity contribution in [2.75, 3.05) is 11.9 Å². The van der Waals surface area contributed by atoms with Crippen molar-refractivity contribution in [3.05, 3.63) is 29.3 Å². The van der Waals surface area contributed by atoms with Crippen molar-refractivity contribution < 1.29 is 29.1 Å². The zero-order valence-electron chi connectivity index (χ0n) is 23.2. The Balaban J connectivity index is 1.79. The summed E-state index contributed by atoms with van der Waals surface area (Å²) < 4.78 is 0. The van der Waals surface area contributed by atoms with Crippen molar-refractivity contribution in [2.45, 2.75) is 103 Å². The number of primary amides is 1. The third kappa shape index (κ3) is 10.7. The van der Waals surface area contributed by atoms with Gasteiger partial charge in [0.05, 0.1) is 6.10 Å². The van der Waals surface area contributed by atoms with Crippen LogP contribution in [0.25, 0.3) is 0 Å². The fourth-order valence-electron chi connectivity index (χ4n) is 4.87. The van der Waals surface area contributed by atoms with Gasteiger partial charge in [0, 0.05) is 31.1 Å². The molecule has 216 valence electrons. The fourth-order valence-corrected chi connectivity index (χ4v) is 4.87. The van der Waals surface area contributed by atoms with Gasteiger partial charge in [0.25, 0.3) is 0 Å². The average molecular weight is 546 g/mol. The van der Waals surface area contributed by atoms with Crippen molar-refractivity contribution in [1.82, 2.24) is 15.5 Å². The monoisotopic (exact) mass is 545 g/mol. The maximum Gasteiger partial charge on any atom is 0.246 e. The van der Waals surface area contributed by atoms with E-state index in [4.69, 9.17) is 5.73 Å². The quantitative estimate of drug-likeness (QED) is 0.155. The predicted octanol–water partition coefficient (Wildman–Crippen LogP) is 1.29. The van der Waals surface area contributed by atoms with Gasteiger partial charge in [0.2, 0.25) is 30.0 Å². The highest BCUT2D eigenvalue weighted by molar-refractivity contribution is 5.96. The molecule has 11 heteroatoms. The number of likely N-dealkylation sites (tertiary alicyclic amines) is 1. The molecule has 1 aliphatic heterocycles. The Hall–Kier alpha value is -3.47. The standard InChI is InChI=1S/C28H43N5O6/c1-4-23(28(39)33-16-22(35)14-19(33)3)32-26(37)9-7-5-6-8-20-12-18(2)13-21(15-20)31-27(38)24(30-17-34)10-11-25(29)36/h12-13,15,17,19,22-24,35H,4-11,14,16H2,1-3H3,(H2,29,36)(H,30,34)(H,31,38)(H,32,37)/t19-,22-,23+,24+/m1/s1. The van der Waals surface area contributed by atoms with E-state index in [1.54, 1.807) is 4.90 Å². The maximum absolute atomic E-state index is 12.8. The molecule has 1 aliphatic rings. The second-order valence-electron chi connectivity index (χ2n) is 10.4. The number of aliphatic hydroxyl groups excluding tert-OH is 1. The van der Waals surface area contributed by atoms with Gasteiger partial charge >= 0.3 is 0 Å². The van der Waals surface area contributed by atoms with Gasteiger partial charge in [-0.1, -0.05) is 19.4 Å². The van der Waals surface area contributed by atoms with E-state index in [1.807, 2.05) is 39.0 Å². The fraction of sp³-hybridized carbons (Fsp3) is 0.607. The molecule has 2 rings (SSSR count). The first-order valence-corrected chi connectivity index (χ1v) is 13.7. The summed E-state index contributed by atoms with van der Waals surface area (Å²) in [5.41, 5.74) is 7.75. The highest BCUT2D eigenvalue weighted by atomic mass is 16.3. The van der Waals surface area contributed by atoms with E-state index in [0.29, 0.717) is 44.3 Å². The Bertz CT molecular complexity index is 1020. The van der Waals surface area contributed by atoms with Crippen LogP contribution >= 0.6 is 0 Å². The lowest BCUT2D eigenvalue weighted by atomic mass is 10.0. The number of amides is 5. The van der Waals surface area contributed by atoms with Gasteiger partial charge in [-0.05, 0) is 75.6 Å². The Labute approximate surface area is 230 Å². The van der Waals surface area contributed by atoms with Crippen LogP contribution < -0.4 is 21.7 Å². The van der Waals surface area contributed by atoms with E-state index in [9.17, 15) is 29.1 Å². The van der Waals surface area contributed by atoms with Crippen LogP contribution in [0.5, 0.6) is 0 Å². The van der Waals surface area contributed by atoms with Crippen molar-refractivity contribution in [3.8, 4) is 0 Å². The van der Waals surface area contributed by atoms with Crippen LogP contribution in [0.15, 0.2) is 18.2 Å². The number of β-amino-alcohol motifs (C(OH)–C–C–N with tert-alkyl or cyclic N) is 1. The highest BCUT2D eigenvalue weighted by Crippen LogP contribution is 2.20. The lowest BCUT2D eigenvalue weighted by molar-refractivity contribution is -0.137. The molecule has 0 unspecified atom stereocenters. The Morgan fingerprint density at radius 3 is 2.49 bits per heavy atom. The zero-order valence-corrected chi connectivity index (χ0v) is 23.2. The summed E-state index contributed by atoms with van der Waals surface area (Å²) in [7, 11) is 0. The Morgan fingerprint density at radius 1 is 1.13 bits per heavy atom. The van der Waals surface area contributed by atoms with E-state index in [1.165, 1.54) is 0 Å². The predicted molar refractivity (Wildman–Crippen MR) is 147 cm³/mol. The zero-order chi connectivity index (χ0) is 28.9. The number of carbonyl (C=O) groups excluding carboxylic acids is 5. The molecule has 1 aromatic carbocycles. The first-order valence-electron chi connectivity index (χ1n) is 13.7. The first-order chi connectivity index (χ1) is 18.5. The van der Waals surface area contributed by atoms with Gasteiger partial charge in [-0.3, -0.25) is 24.0 Å².